The minimum Gasteiger partial charge on any atom is -0.385 e. The molecule has 1 heterocycles. The monoisotopic (exact) mass is 245 g/mol. The van der Waals surface area contributed by atoms with Crippen molar-refractivity contribution in [2.45, 2.75) is 38.0 Å². The molecule has 17 heavy (non-hydrogen) atoms. The van der Waals surface area contributed by atoms with Crippen molar-refractivity contribution in [2.24, 2.45) is 5.92 Å². The molecule has 1 aromatic rings. The van der Waals surface area contributed by atoms with Gasteiger partial charge in [-0.3, -0.25) is 4.98 Å². The van der Waals surface area contributed by atoms with Gasteiger partial charge in [0.15, 0.2) is 0 Å². The van der Waals surface area contributed by atoms with Gasteiger partial charge in [-0.25, -0.2) is 0 Å². The molecule has 1 aliphatic rings. The number of aromatic nitrogens is 1. The lowest BCUT2D eigenvalue weighted by Gasteiger charge is -2.29. The molecule has 1 atom stereocenters. The van der Waals surface area contributed by atoms with E-state index in [0.29, 0.717) is 0 Å². The number of hydrogen-bond donors (Lipinski definition) is 1. The number of hydrogen-bond acceptors (Lipinski definition) is 2. The van der Waals surface area contributed by atoms with Crippen molar-refractivity contribution in [2.75, 3.05) is 0 Å². The van der Waals surface area contributed by atoms with E-state index in [0.717, 1.165) is 31.3 Å². The van der Waals surface area contributed by atoms with Gasteiger partial charge in [0.2, 0.25) is 0 Å². The van der Waals surface area contributed by atoms with Crippen LogP contribution >= 0.6 is 0 Å². The molecule has 94 valence electrons. The summed E-state index contributed by atoms with van der Waals surface area (Å²) >= 11 is 0. The van der Waals surface area contributed by atoms with E-state index in [1.165, 1.54) is 0 Å². The molecule has 2 rings (SSSR count). The Labute approximate surface area is 97.5 Å². The highest BCUT2D eigenvalue weighted by Gasteiger charge is 2.48. The lowest BCUT2D eigenvalue weighted by atomic mass is 9.84. The topological polar surface area (TPSA) is 33.1 Å². The predicted molar refractivity (Wildman–Crippen MR) is 56.2 cm³/mol. The van der Waals surface area contributed by atoms with Crippen LogP contribution in [0.1, 0.15) is 37.3 Å². The average molecular weight is 245 g/mol. The molecule has 2 nitrogen and oxygen atoms in total. The highest BCUT2D eigenvalue weighted by molar-refractivity contribution is 5.33. The van der Waals surface area contributed by atoms with Gasteiger partial charge in [0.05, 0.1) is 11.2 Å². The standard InChI is InChI=1S/C12H14F3NO/c1-2-11(17,8-3-4-8)10-7-16-6-5-9(10)12(13,14)15/h5-8,17H,2-4H2,1H3. The van der Waals surface area contributed by atoms with Crippen molar-refractivity contribution in [1.82, 2.24) is 4.98 Å². The summed E-state index contributed by atoms with van der Waals surface area (Å²) in [7, 11) is 0. The second-order valence-electron chi connectivity index (χ2n) is 4.47. The molecule has 1 aliphatic carbocycles. The third-order valence-corrected chi connectivity index (χ3v) is 3.38. The molecule has 1 unspecified atom stereocenters. The minimum absolute atomic E-state index is 0.0715. The fourth-order valence-corrected chi connectivity index (χ4v) is 2.25. The van der Waals surface area contributed by atoms with E-state index in [-0.39, 0.29) is 17.9 Å². The van der Waals surface area contributed by atoms with Crippen molar-refractivity contribution >= 4 is 0 Å². The van der Waals surface area contributed by atoms with Gasteiger partial charge in [-0.15, -0.1) is 0 Å². The highest BCUT2D eigenvalue weighted by Crippen LogP contribution is 2.50. The molecular formula is C12H14F3NO. The van der Waals surface area contributed by atoms with Gasteiger partial charge in [0.25, 0.3) is 0 Å². The van der Waals surface area contributed by atoms with Crippen LogP contribution in [0.4, 0.5) is 13.2 Å². The van der Waals surface area contributed by atoms with Gasteiger partial charge in [0.1, 0.15) is 0 Å². The molecule has 0 aliphatic heterocycles. The molecule has 5 heteroatoms. The summed E-state index contributed by atoms with van der Waals surface area (Å²) in [5.74, 6) is -0.0715. The van der Waals surface area contributed by atoms with Gasteiger partial charge in [-0.1, -0.05) is 6.92 Å². The van der Waals surface area contributed by atoms with Crippen LogP contribution < -0.4 is 0 Å². The molecule has 0 bridgehead atoms. The first-order valence-electron chi connectivity index (χ1n) is 5.63. The van der Waals surface area contributed by atoms with E-state index in [9.17, 15) is 18.3 Å². The fourth-order valence-electron chi connectivity index (χ4n) is 2.25. The number of halogens is 3. The summed E-state index contributed by atoms with van der Waals surface area (Å²) in [6, 6.07) is 0.929. The smallest absolute Gasteiger partial charge is 0.385 e. The van der Waals surface area contributed by atoms with Crippen molar-refractivity contribution < 1.29 is 18.3 Å². The summed E-state index contributed by atoms with van der Waals surface area (Å²) in [4.78, 5) is 3.72. The maximum atomic E-state index is 12.9. The molecule has 0 radical (unpaired) electrons. The van der Waals surface area contributed by atoms with Crippen molar-refractivity contribution in [3.05, 3.63) is 29.6 Å². The number of pyridine rings is 1. The quantitative estimate of drug-likeness (QED) is 0.887. The largest absolute Gasteiger partial charge is 0.416 e. The Bertz CT molecular complexity index is 414. The number of aliphatic hydroxyl groups is 1. The SMILES string of the molecule is CCC(O)(c1cnccc1C(F)(F)F)C1CC1. The van der Waals surface area contributed by atoms with Crippen LogP contribution in [0.2, 0.25) is 0 Å². The highest BCUT2D eigenvalue weighted by atomic mass is 19.4. The lowest BCUT2D eigenvalue weighted by Crippen LogP contribution is -2.30. The van der Waals surface area contributed by atoms with Crippen LogP contribution in [0.25, 0.3) is 0 Å². The third kappa shape index (κ3) is 2.16. The Morgan fingerprint density at radius 2 is 2.00 bits per heavy atom. The summed E-state index contributed by atoms with van der Waals surface area (Å²) in [5, 5.41) is 10.4. The molecule has 1 aromatic heterocycles. The van der Waals surface area contributed by atoms with E-state index in [4.69, 9.17) is 0 Å². The molecule has 0 amide bonds. The van der Waals surface area contributed by atoms with E-state index in [1.807, 2.05) is 0 Å². The molecule has 0 spiro atoms. The van der Waals surface area contributed by atoms with E-state index < -0.39 is 17.3 Å². The normalized spacial score (nSPS) is 20.1. The molecular weight excluding hydrogens is 231 g/mol. The summed E-state index contributed by atoms with van der Waals surface area (Å²) < 4.78 is 38.6. The first-order chi connectivity index (χ1) is 7.89. The molecule has 0 saturated heterocycles. The zero-order valence-corrected chi connectivity index (χ0v) is 9.46. The Morgan fingerprint density at radius 3 is 2.47 bits per heavy atom. The van der Waals surface area contributed by atoms with E-state index in [2.05, 4.69) is 4.98 Å². The van der Waals surface area contributed by atoms with Crippen molar-refractivity contribution in [3.63, 3.8) is 0 Å². The third-order valence-electron chi connectivity index (χ3n) is 3.38. The van der Waals surface area contributed by atoms with Crippen molar-refractivity contribution in [1.29, 1.82) is 0 Å². The van der Waals surface area contributed by atoms with E-state index in [1.54, 1.807) is 6.92 Å². The van der Waals surface area contributed by atoms with Crippen molar-refractivity contribution in [3.8, 4) is 0 Å². The number of nitrogens with zero attached hydrogens (tertiary/aromatic N) is 1. The van der Waals surface area contributed by atoms with Crippen LogP contribution in [0.3, 0.4) is 0 Å². The number of alkyl halides is 3. The predicted octanol–water partition coefficient (Wildman–Crippen LogP) is 3.11. The first-order valence-corrected chi connectivity index (χ1v) is 5.63. The second kappa shape index (κ2) is 3.98. The Morgan fingerprint density at radius 1 is 1.35 bits per heavy atom. The van der Waals surface area contributed by atoms with Crippen LogP contribution in [0, 0.1) is 5.92 Å². The van der Waals surface area contributed by atoms with Crippen LogP contribution in [0.5, 0.6) is 0 Å². The van der Waals surface area contributed by atoms with Crippen LogP contribution in [-0.4, -0.2) is 10.1 Å². The maximum Gasteiger partial charge on any atom is 0.416 e. The fraction of sp³-hybridized carbons (Fsp3) is 0.583. The Balaban J connectivity index is 2.50. The van der Waals surface area contributed by atoms with Gasteiger partial charge < -0.3 is 5.11 Å². The average Bonchev–Trinajstić information content (AvgIpc) is 3.11. The van der Waals surface area contributed by atoms with Gasteiger partial charge in [0, 0.05) is 18.0 Å². The van der Waals surface area contributed by atoms with Gasteiger partial charge in [-0.2, -0.15) is 13.2 Å². The zero-order chi connectivity index (χ0) is 12.7. The molecule has 1 fully saturated rings. The number of rotatable bonds is 3. The molecule has 1 saturated carbocycles. The minimum atomic E-state index is -4.45. The maximum absolute atomic E-state index is 12.9. The second-order valence-corrected chi connectivity index (χ2v) is 4.47. The zero-order valence-electron chi connectivity index (χ0n) is 9.46. The van der Waals surface area contributed by atoms with Crippen LogP contribution in [-0.2, 0) is 11.8 Å². The summed E-state index contributed by atoms with van der Waals surface area (Å²) in [6.07, 6.45) is -0.379. The van der Waals surface area contributed by atoms with Gasteiger partial charge in [-0.05, 0) is 31.2 Å². The summed E-state index contributed by atoms with van der Waals surface area (Å²) in [6.45, 7) is 1.70. The summed E-state index contributed by atoms with van der Waals surface area (Å²) in [5.41, 5.74) is -2.25. The van der Waals surface area contributed by atoms with Gasteiger partial charge >= 0.3 is 6.18 Å². The molecule has 0 aromatic carbocycles. The Kier molecular flexibility index (Phi) is 2.89. The lowest BCUT2D eigenvalue weighted by molar-refractivity contribution is -0.141. The molecule has 1 N–H and O–H groups in total. The first kappa shape index (κ1) is 12.4. The Hall–Kier alpha value is -1.10. The van der Waals surface area contributed by atoms with E-state index >= 15 is 0 Å². The van der Waals surface area contributed by atoms with Crippen LogP contribution in [0.15, 0.2) is 18.5 Å².